The van der Waals surface area contributed by atoms with Crippen LogP contribution in [-0.4, -0.2) is 35.4 Å². The van der Waals surface area contributed by atoms with E-state index >= 15 is 0 Å². The van der Waals surface area contributed by atoms with Gasteiger partial charge in [-0.25, -0.2) is 4.99 Å². The van der Waals surface area contributed by atoms with E-state index in [2.05, 4.69) is 45.9 Å². The normalized spacial score (nSPS) is 18.8. The molecule has 0 spiro atoms. The second-order valence-corrected chi connectivity index (χ2v) is 6.83. The zero-order chi connectivity index (χ0) is 19.2. The van der Waals surface area contributed by atoms with Gasteiger partial charge in [0, 0.05) is 23.1 Å². The van der Waals surface area contributed by atoms with E-state index < -0.39 is 0 Å². The zero-order valence-corrected chi connectivity index (χ0v) is 16.6. The Morgan fingerprint density at radius 2 is 2.00 bits per heavy atom. The third-order valence-electron chi connectivity index (χ3n) is 5.04. The van der Waals surface area contributed by atoms with Gasteiger partial charge in [0.1, 0.15) is 0 Å². The van der Waals surface area contributed by atoms with Crippen molar-refractivity contribution in [1.82, 2.24) is 9.47 Å². The third kappa shape index (κ3) is 4.42. The number of furan rings is 1. The standard InChI is InChI=1S/C20H24N4O.C2H6/c1-23-10-2-4-17(9-11-23)24-12-8-15-14-16(6-7-18(15)24)22-20(21)19-5-3-13-25-19;1-2/h3,5-8,12-14,17H,2,4,9-11H2,1H3,(H2,21,22);1-2H3. The van der Waals surface area contributed by atoms with E-state index in [1.54, 1.807) is 6.26 Å². The molecule has 5 nitrogen and oxygen atoms in total. The van der Waals surface area contributed by atoms with Gasteiger partial charge in [0.2, 0.25) is 0 Å². The van der Waals surface area contributed by atoms with Gasteiger partial charge in [-0.05, 0) is 75.8 Å². The van der Waals surface area contributed by atoms with Crippen LogP contribution in [0.1, 0.15) is 44.9 Å². The van der Waals surface area contributed by atoms with E-state index in [-0.39, 0.29) is 0 Å². The Hall–Kier alpha value is -2.53. The minimum absolute atomic E-state index is 0.399. The Balaban J connectivity index is 0.00000102. The lowest BCUT2D eigenvalue weighted by molar-refractivity contribution is 0.342. The van der Waals surface area contributed by atoms with Gasteiger partial charge in [-0.1, -0.05) is 13.8 Å². The first-order valence-electron chi connectivity index (χ1n) is 9.88. The maximum absolute atomic E-state index is 6.01. The van der Waals surface area contributed by atoms with Crippen LogP contribution in [0, 0.1) is 0 Å². The number of fused-ring (bicyclic) bond motifs is 1. The first-order valence-corrected chi connectivity index (χ1v) is 9.88. The van der Waals surface area contributed by atoms with Crippen LogP contribution in [0.15, 0.2) is 58.3 Å². The molecule has 1 fully saturated rings. The van der Waals surface area contributed by atoms with E-state index in [0.717, 1.165) is 12.2 Å². The molecule has 144 valence electrons. The predicted molar refractivity (Wildman–Crippen MR) is 113 cm³/mol. The van der Waals surface area contributed by atoms with Crippen LogP contribution in [0.5, 0.6) is 0 Å². The summed E-state index contributed by atoms with van der Waals surface area (Å²) < 4.78 is 7.72. The molecule has 0 radical (unpaired) electrons. The fourth-order valence-corrected chi connectivity index (χ4v) is 3.66. The summed E-state index contributed by atoms with van der Waals surface area (Å²) in [6.45, 7) is 6.35. The number of nitrogens with zero attached hydrogens (tertiary/aromatic N) is 3. The lowest BCUT2D eigenvalue weighted by atomic mass is 10.1. The summed E-state index contributed by atoms with van der Waals surface area (Å²) in [6, 6.07) is 12.6. The highest BCUT2D eigenvalue weighted by atomic mass is 16.3. The van der Waals surface area contributed by atoms with Gasteiger partial charge in [-0.2, -0.15) is 0 Å². The lowest BCUT2D eigenvalue weighted by Crippen LogP contribution is -2.19. The first kappa shape index (κ1) is 19.2. The van der Waals surface area contributed by atoms with E-state index in [0.29, 0.717) is 17.6 Å². The molecule has 2 N–H and O–H groups in total. The number of hydrogen-bond donors (Lipinski definition) is 1. The van der Waals surface area contributed by atoms with Crippen molar-refractivity contribution in [1.29, 1.82) is 0 Å². The molecular formula is C22H30N4O. The van der Waals surface area contributed by atoms with Crippen LogP contribution in [0.25, 0.3) is 10.9 Å². The van der Waals surface area contributed by atoms with E-state index in [1.807, 2.05) is 32.0 Å². The van der Waals surface area contributed by atoms with E-state index in [1.165, 1.54) is 36.7 Å². The quantitative estimate of drug-likeness (QED) is 0.527. The van der Waals surface area contributed by atoms with Crippen molar-refractivity contribution in [3.8, 4) is 0 Å². The fraction of sp³-hybridized carbons (Fsp3) is 0.409. The number of benzene rings is 1. The third-order valence-corrected chi connectivity index (χ3v) is 5.04. The van der Waals surface area contributed by atoms with Crippen molar-refractivity contribution in [3.63, 3.8) is 0 Å². The Morgan fingerprint density at radius 1 is 1.15 bits per heavy atom. The van der Waals surface area contributed by atoms with Crippen LogP contribution in [0.2, 0.25) is 0 Å². The fourth-order valence-electron chi connectivity index (χ4n) is 3.66. The van der Waals surface area contributed by atoms with Crippen LogP contribution in [-0.2, 0) is 0 Å². The van der Waals surface area contributed by atoms with Crippen LogP contribution in [0.3, 0.4) is 0 Å². The Morgan fingerprint density at radius 3 is 2.78 bits per heavy atom. The lowest BCUT2D eigenvalue weighted by Gasteiger charge is -2.18. The maximum atomic E-state index is 6.01. The zero-order valence-electron chi connectivity index (χ0n) is 16.6. The number of aromatic nitrogens is 1. The summed E-state index contributed by atoms with van der Waals surface area (Å²) in [4.78, 5) is 6.91. The number of aliphatic imine (C=N–C) groups is 1. The van der Waals surface area contributed by atoms with Crippen molar-refractivity contribution in [2.75, 3.05) is 20.1 Å². The summed E-state index contributed by atoms with van der Waals surface area (Å²) in [5.41, 5.74) is 8.13. The second-order valence-electron chi connectivity index (χ2n) is 6.83. The average molecular weight is 367 g/mol. The Kier molecular flexibility index (Phi) is 6.35. The van der Waals surface area contributed by atoms with E-state index in [9.17, 15) is 0 Å². The molecular weight excluding hydrogens is 336 g/mol. The molecule has 27 heavy (non-hydrogen) atoms. The summed E-state index contributed by atoms with van der Waals surface area (Å²) in [6.07, 6.45) is 7.50. The molecule has 0 amide bonds. The molecule has 1 aliphatic rings. The number of rotatable bonds is 3. The minimum atomic E-state index is 0.399. The number of hydrogen-bond acceptors (Lipinski definition) is 3. The van der Waals surface area contributed by atoms with Gasteiger partial charge in [-0.3, -0.25) is 0 Å². The van der Waals surface area contributed by atoms with Crippen molar-refractivity contribution < 1.29 is 4.42 Å². The van der Waals surface area contributed by atoms with Gasteiger partial charge < -0.3 is 19.6 Å². The van der Waals surface area contributed by atoms with Gasteiger partial charge in [0.25, 0.3) is 0 Å². The van der Waals surface area contributed by atoms with Gasteiger partial charge >= 0.3 is 0 Å². The molecule has 0 saturated carbocycles. The molecule has 3 heterocycles. The van der Waals surface area contributed by atoms with Crippen LogP contribution in [0.4, 0.5) is 5.69 Å². The summed E-state index contributed by atoms with van der Waals surface area (Å²) in [5.74, 6) is 0.996. The monoisotopic (exact) mass is 366 g/mol. The summed E-state index contributed by atoms with van der Waals surface area (Å²) in [7, 11) is 2.21. The van der Waals surface area contributed by atoms with Crippen molar-refractivity contribution in [3.05, 3.63) is 54.6 Å². The molecule has 1 unspecified atom stereocenters. The van der Waals surface area contributed by atoms with Crippen molar-refractivity contribution in [2.45, 2.75) is 39.2 Å². The second kappa shape index (κ2) is 8.91. The molecule has 1 aromatic carbocycles. The molecule has 0 bridgehead atoms. The highest BCUT2D eigenvalue weighted by Crippen LogP contribution is 2.29. The summed E-state index contributed by atoms with van der Waals surface area (Å²) >= 11 is 0. The minimum Gasteiger partial charge on any atom is -0.461 e. The number of amidine groups is 1. The Labute approximate surface area is 161 Å². The molecule has 3 aromatic rings. The Bertz CT molecular complexity index is 879. The van der Waals surface area contributed by atoms with Crippen molar-refractivity contribution >= 4 is 22.4 Å². The van der Waals surface area contributed by atoms with E-state index in [4.69, 9.17) is 10.2 Å². The topological polar surface area (TPSA) is 59.7 Å². The van der Waals surface area contributed by atoms with Crippen LogP contribution < -0.4 is 5.73 Å². The smallest absolute Gasteiger partial charge is 0.168 e. The highest BCUT2D eigenvalue weighted by Gasteiger charge is 2.17. The SMILES string of the molecule is CC.CN1CCCC(n2ccc3cc(N=C(N)c4ccco4)ccc32)CC1. The molecule has 1 atom stereocenters. The highest BCUT2D eigenvalue weighted by molar-refractivity contribution is 5.97. The number of nitrogens with two attached hydrogens (primary N) is 1. The summed E-state index contributed by atoms with van der Waals surface area (Å²) in [5, 5.41) is 1.20. The number of likely N-dealkylation sites (tertiary alicyclic amines) is 1. The molecule has 1 aliphatic heterocycles. The maximum Gasteiger partial charge on any atom is 0.168 e. The van der Waals surface area contributed by atoms with Gasteiger partial charge in [0.05, 0.1) is 12.0 Å². The molecule has 0 aliphatic carbocycles. The van der Waals surface area contributed by atoms with Gasteiger partial charge in [-0.15, -0.1) is 0 Å². The molecule has 4 rings (SSSR count). The predicted octanol–water partition coefficient (Wildman–Crippen LogP) is 4.95. The largest absolute Gasteiger partial charge is 0.461 e. The molecule has 5 heteroatoms. The van der Waals surface area contributed by atoms with Gasteiger partial charge in [0.15, 0.2) is 11.6 Å². The molecule has 1 saturated heterocycles. The van der Waals surface area contributed by atoms with Crippen molar-refractivity contribution in [2.24, 2.45) is 10.7 Å². The average Bonchev–Trinajstić information content (AvgIpc) is 3.31. The van der Waals surface area contributed by atoms with Crippen LogP contribution >= 0.6 is 0 Å². The molecule has 2 aromatic heterocycles. The first-order chi connectivity index (χ1) is 13.2.